The van der Waals surface area contributed by atoms with Gasteiger partial charge in [-0.25, -0.2) is 0 Å². The Labute approximate surface area is 114 Å². The van der Waals surface area contributed by atoms with Gasteiger partial charge in [0.15, 0.2) is 0 Å². The monoisotopic (exact) mass is 263 g/mol. The smallest absolute Gasteiger partial charge is 0.302 e. The minimum Gasteiger partial charge on any atom is -0.464 e. The maximum Gasteiger partial charge on any atom is 0.302 e. The fourth-order valence-electron chi connectivity index (χ4n) is 1.72. The number of rotatable bonds is 7. The zero-order chi connectivity index (χ0) is 14.1. The van der Waals surface area contributed by atoms with Gasteiger partial charge in [0, 0.05) is 12.5 Å². The lowest BCUT2D eigenvalue weighted by Gasteiger charge is -2.18. The van der Waals surface area contributed by atoms with Crippen molar-refractivity contribution in [1.82, 2.24) is 5.32 Å². The largest absolute Gasteiger partial charge is 0.464 e. The number of ether oxygens (including phenoxy) is 1. The van der Waals surface area contributed by atoms with E-state index in [-0.39, 0.29) is 24.5 Å². The molecule has 0 radical (unpaired) electrons. The second-order valence-electron chi connectivity index (χ2n) is 4.48. The topological polar surface area (TPSA) is 55.4 Å². The summed E-state index contributed by atoms with van der Waals surface area (Å²) in [5.41, 5.74) is 0.617. The molecule has 1 aromatic carbocycles. The zero-order valence-corrected chi connectivity index (χ0v) is 11.5. The fourth-order valence-corrected chi connectivity index (χ4v) is 1.72. The van der Waals surface area contributed by atoms with Gasteiger partial charge in [0.2, 0.25) is 0 Å². The highest BCUT2D eigenvalue weighted by atomic mass is 16.5. The van der Waals surface area contributed by atoms with Crippen molar-refractivity contribution in [3.05, 3.63) is 35.9 Å². The molecule has 0 bridgehead atoms. The predicted octanol–water partition coefficient (Wildman–Crippen LogP) is 2.54. The zero-order valence-electron chi connectivity index (χ0n) is 11.5. The van der Waals surface area contributed by atoms with Crippen molar-refractivity contribution in [2.45, 2.75) is 39.2 Å². The minimum atomic E-state index is -0.324. The first-order valence-electron chi connectivity index (χ1n) is 6.62. The molecule has 0 heterocycles. The van der Waals surface area contributed by atoms with Gasteiger partial charge < -0.3 is 10.1 Å². The molecule has 0 fully saturated rings. The molecular formula is C15H21NO3. The van der Waals surface area contributed by atoms with Crippen LogP contribution in [0.15, 0.2) is 30.3 Å². The lowest BCUT2D eigenvalue weighted by atomic mass is 10.1. The summed E-state index contributed by atoms with van der Waals surface area (Å²) in [6.07, 6.45) is 2.83. The van der Waals surface area contributed by atoms with E-state index in [0.717, 1.165) is 19.3 Å². The first-order chi connectivity index (χ1) is 9.13. The van der Waals surface area contributed by atoms with Crippen LogP contribution in [0, 0.1) is 0 Å². The third kappa shape index (κ3) is 6.04. The summed E-state index contributed by atoms with van der Waals surface area (Å²) in [4.78, 5) is 22.9. The Morgan fingerprint density at radius 3 is 2.53 bits per heavy atom. The summed E-state index contributed by atoms with van der Waals surface area (Å²) in [6, 6.07) is 8.90. The maximum atomic E-state index is 12.0. The third-order valence-electron chi connectivity index (χ3n) is 2.77. The van der Waals surface area contributed by atoms with Gasteiger partial charge in [0.25, 0.3) is 5.91 Å². The summed E-state index contributed by atoms with van der Waals surface area (Å²) < 4.78 is 4.98. The van der Waals surface area contributed by atoms with Gasteiger partial charge in [-0.05, 0) is 18.6 Å². The first-order valence-corrected chi connectivity index (χ1v) is 6.62. The molecular weight excluding hydrogens is 242 g/mol. The van der Waals surface area contributed by atoms with Gasteiger partial charge in [0.05, 0.1) is 6.04 Å². The summed E-state index contributed by atoms with van der Waals surface area (Å²) in [5.74, 6) is -0.454. The standard InChI is InChI=1S/C15H21NO3/c1-3-4-10-14(11-19-12(2)17)16-15(18)13-8-6-5-7-9-13/h5-9,14H,3-4,10-11H2,1-2H3,(H,16,18). The van der Waals surface area contributed by atoms with Gasteiger partial charge in [-0.2, -0.15) is 0 Å². The highest BCUT2D eigenvalue weighted by Crippen LogP contribution is 2.04. The summed E-state index contributed by atoms with van der Waals surface area (Å²) in [6.45, 7) is 3.69. The van der Waals surface area contributed by atoms with Crippen molar-refractivity contribution in [2.24, 2.45) is 0 Å². The molecule has 1 aromatic rings. The average molecular weight is 263 g/mol. The van der Waals surface area contributed by atoms with Crippen LogP contribution in [0.3, 0.4) is 0 Å². The number of carbonyl (C=O) groups is 2. The second kappa shape index (κ2) is 8.29. The number of esters is 1. The molecule has 4 heteroatoms. The molecule has 104 valence electrons. The van der Waals surface area contributed by atoms with Crippen LogP contribution in [-0.2, 0) is 9.53 Å². The Morgan fingerprint density at radius 2 is 1.95 bits per heavy atom. The number of carbonyl (C=O) groups excluding carboxylic acids is 2. The lowest BCUT2D eigenvalue weighted by molar-refractivity contribution is -0.141. The molecule has 0 aliphatic carbocycles. The van der Waals surface area contributed by atoms with E-state index in [1.165, 1.54) is 6.92 Å². The van der Waals surface area contributed by atoms with Crippen LogP contribution in [0.1, 0.15) is 43.5 Å². The third-order valence-corrected chi connectivity index (χ3v) is 2.77. The normalized spacial score (nSPS) is 11.7. The molecule has 0 aliphatic rings. The van der Waals surface area contributed by atoms with Crippen molar-refractivity contribution >= 4 is 11.9 Å². The van der Waals surface area contributed by atoms with E-state index < -0.39 is 0 Å². The molecule has 19 heavy (non-hydrogen) atoms. The Kier molecular flexibility index (Phi) is 6.64. The maximum absolute atomic E-state index is 12.0. The van der Waals surface area contributed by atoms with Crippen LogP contribution < -0.4 is 5.32 Å². The molecule has 1 amide bonds. The van der Waals surface area contributed by atoms with E-state index in [4.69, 9.17) is 4.74 Å². The highest BCUT2D eigenvalue weighted by Gasteiger charge is 2.14. The summed E-state index contributed by atoms with van der Waals surface area (Å²) >= 11 is 0. The fraction of sp³-hybridized carbons (Fsp3) is 0.467. The van der Waals surface area contributed by atoms with E-state index in [0.29, 0.717) is 5.56 Å². The number of benzene rings is 1. The van der Waals surface area contributed by atoms with Crippen LogP contribution in [0.2, 0.25) is 0 Å². The molecule has 1 unspecified atom stereocenters. The van der Waals surface area contributed by atoms with E-state index in [9.17, 15) is 9.59 Å². The van der Waals surface area contributed by atoms with E-state index in [2.05, 4.69) is 12.2 Å². The van der Waals surface area contributed by atoms with Gasteiger partial charge in [-0.15, -0.1) is 0 Å². The molecule has 1 atom stereocenters. The molecule has 1 rings (SSSR count). The van der Waals surface area contributed by atoms with Crippen molar-refractivity contribution in [1.29, 1.82) is 0 Å². The van der Waals surface area contributed by atoms with Crippen molar-refractivity contribution in [3.63, 3.8) is 0 Å². The van der Waals surface area contributed by atoms with Gasteiger partial charge in [0.1, 0.15) is 6.61 Å². The number of unbranched alkanes of at least 4 members (excludes halogenated alkanes) is 1. The highest BCUT2D eigenvalue weighted by molar-refractivity contribution is 5.94. The molecule has 0 saturated heterocycles. The molecule has 4 nitrogen and oxygen atoms in total. The van der Waals surface area contributed by atoms with Crippen LogP contribution in [0.25, 0.3) is 0 Å². The number of hydrogen-bond donors (Lipinski definition) is 1. The minimum absolute atomic E-state index is 0.128. The van der Waals surface area contributed by atoms with E-state index >= 15 is 0 Å². The number of nitrogens with one attached hydrogen (secondary N) is 1. The Hall–Kier alpha value is -1.84. The summed E-state index contributed by atoms with van der Waals surface area (Å²) in [7, 11) is 0. The number of amides is 1. The average Bonchev–Trinajstić information content (AvgIpc) is 2.42. The Bertz CT molecular complexity index is 403. The van der Waals surface area contributed by atoms with Crippen LogP contribution in [0.5, 0.6) is 0 Å². The van der Waals surface area contributed by atoms with Crippen LogP contribution in [-0.4, -0.2) is 24.5 Å². The van der Waals surface area contributed by atoms with Crippen LogP contribution >= 0.6 is 0 Å². The van der Waals surface area contributed by atoms with Gasteiger partial charge >= 0.3 is 5.97 Å². The van der Waals surface area contributed by atoms with Gasteiger partial charge in [-0.1, -0.05) is 38.0 Å². The lowest BCUT2D eigenvalue weighted by Crippen LogP contribution is -2.38. The number of hydrogen-bond acceptors (Lipinski definition) is 3. The Balaban J connectivity index is 2.55. The molecule has 0 aromatic heterocycles. The van der Waals surface area contributed by atoms with E-state index in [1.807, 2.05) is 18.2 Å². The first kappa shape index (κ1) is 15.2. The molecule has 0 saturated carbocycles. The SMILES string of the molecule is CCCCC(COC(C)=O)NC(=O)c1ccccc1. The molecule has 0 aliphatic heterocycles. The van der Waals surface area contributed by atoms with Crippen molar-refractivity contribution in [3.8, 4) is 0 Å². The Morgan fingerprint density at radius 1 is 1.26 bits per heavy atom. The van der Waals surface area contributed by atoms with Gasteiger partial charge in [-0.3, -0.25) is 9.59 Å². The predicted molar refractivity (Wildman–Crippen MR) is 73.9 cm³/mol. The van der Waals surface area contributed by atoms with E-state index in [1.54, 1.807) is 12.1 Å². The van der Waals surface area contributed by atoms with Crippen molar-refractivity contribution < 1.29 is 14.3 Å². The second-order valence-corrected chi connectivity index (χ2v) is 4.48. The molecule has 0 spiro atoms. The van der Waals surface area contributed by atoms with Crippen molar-refractivity contribution in [2.75, 3.05) is 6.61 Å². The molecule has 1 N–H and O–H groups in total. The quantitative estimate of drug-likeness (QED) is 0.769. The van der Waals surface area contributed by atoms with Crippen LogP contribution in [0.4, 0.5) is 0 Å². The summed E-state index contributed by atoms with van der Waals surface area (Å²) in [5, 5.41) is 2.91.